The summed E-state index contributed by atoms with van der Waals surface area (Å²) < 4.78 is 0. The molecule has 1 amide bonds. The van der Waals surface area contributed by atoms with Gasteiger partial charge in [0, 0.05) is 18.8 Å². The van der Waals surface area contributed by atoms with Crippen LogP contribution < -0.4 is 0 Å². The quantitative estimate of drug-likeness (QED) is 0.830. The molecule has 2 fully saturated rings. The van der Waals surface area contributed by atoms with Gasteiger partial charge in [0.2, 0.25) is 0 Å². The summed E-state index contributed by atoms with van der Waals surface area (Å²) in [5, 5.41) is 0.607. The molecule has 2 atom stereocenters. The Morgan fingerprint density at radius 3 is 2.83 bits per heavy atom. The second kappa shape index (κ2) is 4.96. The lowest BCUT2D eigenvalue weighted by Crippen LogP contribution is -2.49. The summed E-state index contributed by atoms with van der Waals surface area (Å²) >= 11 is 5.88. The zero-order chi connectivity index (χ0) is 12.5. The number of halogens is 1. The van der Waals surface area contributed by atoms with Crippen LogP contribution in [0.25, 0.3) is 0 Å². The van der Waals surface area contributed by atoms with Crippen molar-refractivity contribution in [3.63, 3.8) is 0 Å². The summed E-state index contributed by atoms with van der Waals surface area (Å²) in [4.78, 5) is 17.6. The summed E-state index contributed by atoms with van der Waals surface area (Å²) in [6.45, 7) is 0.899. The number of aromatic nitrogens is 1. The molecular weight excluding hydrogens is 248 g/mol. The number of piperidine rings is 1. The Balaban J connectivity index is 1.79. The van der Waals surface area contributed by atoms with Crippen LogP contribution in [0.2, 0.25) is 5.02 Å². The number of amides is 1. The van der Waals surface area contributed by atoms with E-state index in [0.717, 1.165) is 18.9 Å². The fourth-order valence-corrected chi connectivity index (χ4v) is 3.69. The molecule has 98 valence electrons. The third kappa shape index (κ3) is 2.16. The molecule has 0 aromatic carbocycles. The average Bonchev–Trinajstić information content (AvgIpc) is 2.84. The Bertz CT molecular complexity index is 441. The molecular formula is C14H19ClN2O. The first-order chi connectivity index (χ1) is 8.75. The molecule has 1 aliphatic carbocycles. The number of carbonyl (C=O) groups excluding carboxylic acids is 1. The molecule has 3 rings (SSSR count). The van der Waals surface area contributed by atoms with Crippen molar-refractivity contribution in [1.82, 2.24) is 9.88 Å². The van der Waals surface area contributed by atoms with E-state index in [2.05, 4.69) is 9.88 Å². The van der Waals surface area contributed by atoms with E-state index in [1.165, 1.54) is 32.1 Å². The standard InChI is InChI=1S/C14H19ClN2O/c15-11-8-12(16-9-11)14(18)17-7-3-5-10-4-1-2-6-13(10)17/h8-10,13,16H,1-7H2. The minimum atomic E-state index is 0.124. The Hall–Kier alpha value is -0.960. The van der Waals surface area contributed by atoms with Gasteiger partial charge in [-0.15, -0.1) is 0 Å². The minimum Gasteiger partial charge on any atom is -0.356 e. The van der Waals surface area contributed by atoms with Crippen molar-refractivity contribution in [2.24, 2.45) is 5.92 Å². The van der Waals surface area contributed by atoms with Crippen LogP contribution >= 0.6 is 11.6 Å². The lowest BCUT2D eigenvalue weighted by atomic mass is 9.78. The van der Waals surface area contributed by atoms with Gasteiger partial charge < -0.3 is 9.88 Å². The predicted octanol–water partition coefficient (Wildman–Crippen LogP) is 3.46. The number of fused-ring (bicyclic) bond motifs is 1. The molecule has 1 aromatic rings. The molecule has 1 saturated carbocycles. The molecule has 0 spiro atoms. The molecule has 3 nitrogen and oxygen atoms in total. The SMILES string of the molecule is O=C(c1cc(Cl)c[nH]1)N1CCCC2CCCCC21. The molecule has 18 heavy (non-hydrogen) atoms. The number of aromatic amines is 1. The van der Waals surface area contributed by atoms with Crippen LogP contribution in [0.1, 0.15) is 49.0 Å². The van der Waals surface area contributed by atoms with Crippen molar-refractivity contribution in [1.29, 1.82) is 0 Å². The van der Waals surface area contributed by atoms with Gasteiger partial charge in [-0.2, -0.15) is 0 Å². The Kier molecular flexibility index (Phi) is 3.33. The van der Waals surface area contributed by atoms with Gasteiger partial charge in [-0.25, -0.2) is 0 Å². The highest BCUT2D eigenvalue weighted by molar-refractivity contribution is 6.30. The van der Waals surface area contributed by atoms with Gasteiger partial charge in [0.1, 0.15) is 5.69 Å². The fourth-order valence-electron chi connectivity index (χ4n) is 3.52. The lowest BCUT2D eigenvalue weighted by molar-refractivity contribution is 0.0386. The molecule has 1 aromatic heterocycles. The van der Waals surface area contributed by atoms with E-state index in [9.17, 15) is 4.79 Å². The number of nitrogens with one attached hydrogen (secondary N) is 1. The maximum absolute atomic E-state index is 12.5. The molecule has 2 heterocycles. The number of H-pyrrole nitrogens is 1. The predicted molar refractivity (Wildman–Crippen MR) is 71.8 cm³/mol. The fraction of sp³-hybridized carbons (Fsp3) is 0.643. The van der Waals surface area contributed by atoms with Crippen molar-refractivity contribution in [2.45, 2.75) is 44.6 Å². The van der Waals surface area contributed by atoms with Crippen LogP contribution in [-0.2, 0) is 0 Å². The second-order valence-electron chi connectivity index (χ2n) is 5.48. The molecule has 2 unspecified atom stereocenters. The highest BCUT2D eigenvalue weighted by Gasteiger charge is 2.36. The van der Waals surface area contributed by atoms with Gasteiger partial charge in [0.25, 0.3) is 5.91 Å². The molecule has 1 N–H and O–H groups in total. The van der Waals surface area contributed by atoms with Gasteiger partial charge in [-0.1, -0.05) is 24.4 Å². The first kappa shape index (κ1) is 12.1. The largest absolute Gasteiger partial charge is 0.356 e. The van der Waals surface area contributed by atoms with Crippen molar-refractivity contribution in [3.05, 3.63) is 23.0 Å². The molecule has 0 radical (unpaired) electrons. The number of hydrogen-bond acceptors (Lipinski definition) is 1. The summed E-state index contributed by atoms with van der Waals surface area (Å²) in [5.41, 5.74) is 0.631. The van der Waals surface area contributed by atoms with Crippen molar-refractivity contribution >= 4 is 17.5 Å². The number of likely N-dealkylation sites (tertiary alicyclic amines) is 1. The maximum Gasteiger partial charge on any atom is 0.270 e. The summed E-state index contributed by atoms with van der Waals surface area (Å²) in [6, 6.07) is 2.19. The van der Waals surface area contributed by atoms with Crippen molar-refractivity contribution < 1.29 is 4.79 Å². The first-order valence-corrected chi connectivity index (χ1v) is 7.28. The number of hydrogen-bond donors (Lipinski definition) is 1. The van der Waals surface area contributed by atoms with E-state index in [1.54, 1.807) is 12.3 Å². The summed E-state index contributed by atoms with van der Waals surface area (Å²) in [5.74, 6) is 0.848. The lowest BCUT2D eigenvalue weighted by Gasteiger charge is -2.44. The van der Waals surface area contributed by atoms with Crippen LogP contribution in [0.4, 0.5) is 0 Å². The van der Waals surface area contributed by atoms with Crippen LogP contribution in [-0.4, -0.2) is 28.4 Å². The summed E-state index contributed by atoms with van der Waals surface area (Å²) in [7, 11) is 0. The smallest absolute Gasteiger partial charge is 0.270 e. The highest BCUT2D eigenvalue weighted by atomic mass is 35.5. The number of rotatable bonds is 1. The van der Waals surface area contributed by atoms with Gasteiger partial charge in [0.15, 0.2) is 0 Å². The molecule has 4 heteroatoms. The van der Waals surface area contributed by atoms with Crippen LogP contribution in [0.15, 0.2) is 12.3 Å². The van der Waals surface area contributed by atoms with Crippen molar-refractivity contribution in [2.75, 3.05) is 6.54 Å². The third-order valence-corrected chi connectivity index (χ3v) is 4.60. The highest BCUT2D eigenvalue weighted by Crippen LogP contribution is 2.35. The molecule has 1 aliphatic heterocycles. The Morgan fingerprint density at radius 2 is 2.06 bits per heavy atom. The maximum atomic E-state index is 12.5. The molecule has 1 saturated heterocycles. The zero-order valence-electron chi connectivity index (χ0n) is 10.5. The van der Waals surface area contributed by atoms with E-state index in [1.807, 2.05) is 0 Å². The number of nitrogens with zero attached hydrogens (tertiary/aromatic N) is 1. The van der Waals surface area contributed by atoms with Crippen LogP contribution in [0, 0.1) is 5.92 Å². The third-order valence-electron chi connectivity index (χ3n) is 4.38. The zero-order valence-corrected chi connectivity index (χ0v) is 11.2. The van der Waals surface area contributed by atoms with Gasteiger partial charge >= 0.3 is 0 Å². The number of carbonyl (C=O) groups is 1. The Labute approximate surface area is 113 Å². The Morgan fingerprint density at radius 1 is 1.28 bits per heavy atom. The molecule has 0 bridgehead atoms. The summed E-state index contributed by atoms with van der Waals surface area (Å²) in [6.07, 6.45) is 9.16. The van der Waals surface area contributed by atoms with Gasteiger partial charge in [-0.05, 0) is 37.7 Å². The minimum absolute atomic E-state index is 0.124. The molecule has 2 aliphatic rings. The van der Waals surface area contributed by atoms with Gasteiger partial charge in [-0.3, -0.25) is 4.79 Å². The second-order valence-corrected chi connectivity index (χ2v) is 5.92. The normalized spacial score (nSPS) is 27.9. The van der Waals surface area contributed by atoms with E-state index in [4.69, 9.17) is 11.6 Å². The van der Waals surface area contributed by atoms with E-state index >= 15 is 0 Å². The van der Waals surface area contributed by atoms with E-state index in [-0.39, 0.29) is 5.91 Å². The first-order valence-electron chi connectivity index (χ1n) is 6.90. The van der Waals surface area contributed by atoms with E-state index < -0.39 is 0 Å². The van der Waals surface area contributed by atoms with Crippen LogP contribution in [0.3, 0.4) is 0 Å². The van der Waals surface area contributed by atoms with Gasteiger partial charge in [0.05, 0.1) is 5.02 Å². The van der Waals surface area contributed by atoms with Crippen LogP contribution in [0.5, 0.6) is 0 Å². The average molecular weight is 267 g/mol. The van der Waals surface area contributed by atoms with Crippen molar-refractivity contribution in [3.8, 4) is 0 Å². The van der Waals surface area contributed by atoms with E-state index in [0.29, 0.717) is 16.8 Å². The monoisotopic (exact) mass is 266 g/mol. The topological polar surface area (TPSA) is 36.1 Å².